The van der Waals surface area contributed by atoms with E-state index >= 15 is 0 Å². The molecule has 3 aromatic rings. The van der Waals surface area contributed by atoms with Crippen LogP contribution in [0, 0.1) is 5.92 Å². The molecular weight excluding hydrogens is 420 g/mol. The summed E-state index contributed by atoms with van der Waals surface area (Å²) in [6.45, 7) is 8.32. The second-order valence-electron chi connectivity index (χ2n) is 9.11. The molecule has 1 aromatic heterocycles. The molecular formula is C26H30N2O3S. The molecule has 1 aliphatic rings. The zero-order valence-electron chi connectivity index (χ0n) is 19.0. The molecule has 32 heavy (non-hydrogen) atoms. The fourth-order valence-electron chi connectivity index (χ4n) is 4.23. The molecule has 2 N–H and O–H groups in total. The van der Waals surface area contributed by atoms with Crippen molar-refractivity contribution in [1.29, 1.82) is 0 Å². The SMILES string of the molecule is CC(C)c1cc2[nH]cnc2cc1SC1=C(O)CC(CCc2ccccc2)(C(C)C)OC1=O. The Hall–Kier alpha value is -2.73. The topological polar surface area (TPSA) is 75.2 Å². The largest absolute Gasteiger partial charge is 0.511 e. The van der Waals surface area contributed by atoms with E-state index in [9.17, 15) is 9.90 Å². The number of aromatic nitrogens is 2. The second-order valence-corrected chi connectivity index (χ2v) is 10.2. The minimum Gasteiger partial charge on any atom is -0.511 e. The molecule has 4 rings (SSSR count). The normalized spacial score (nSPS) is 19.2. The first-order valence-electron chi connectivity index (χ1n) is 11.1. The number of hydrogen-bond acceptors (Lipinski definition) is 5. The molecule has 0 bridgehead atoms. The summed E-state index contributed by atoms with van der Waals surface area (Å²) in [5.41, 5.74) is 3.38. The maximum absolute atomic E-state index is 13.2. The fraction of sp³-hybridized carbons (Fsp3) is 0.385. The minimum absolute atomic E-state index is 0.0792. The number of carbonyl (C=O) groups excluding carboxylic acids is 1. The van der Waals surface area contributed by atoms with Crippen molar-refractivity contribution in [3.05, 3.63) is 70.6 Å². The van der Waals surface area contributed by atoms with E-state index in [1.165, 1.54) is 17.3 Å². The highest BCUT2D eigenvalue weighted by Crippen LogP contribution is 2.44. The first kappa shape index (κ1) is 22.5. The Kier molecular flexibility index (Phi) is 6.33. The van der Waals surface area contributed by atoms with Gasteiger partial charge in [0.2, 0.25) is 0 Å². The molecule has 2 aromatic carbocycles. The number of imidazole rings is 1. The standard InChI is InChI=1S/C26H30N2O3S/c1-16(2)19-12-20-21(28-15-27-20)13-23(19)32-24-22(29)14-26(17(3)4,31-25(24)30)11-10-18-8-6-5-7-9-18/h5-9,12-13,15-17,29H,10-11,14H2,1-4H3,(H,27,28). The zero-order chi connectivity index (χ0) is 22.9. The maximum Gasteiger partial charge on any atom is 0.349 e. The highest BCUT2D eigenvalue weighted by atomic mass is 32.2. The molecule has 0 saturated heterocycles. The molecule has 0 fully saturated rings. The van der Waals surface area contributed by atoms with E-state index in [2.05, 4.69) is 42.0 Å². The van der Waals surface area contributed by atoms with Gasteiger partial charge in [-0.15, -0.1) is 0 Å². The molecule has 1 aliphatic heterocycles. The number of cyclic esters (lactones) is 1. The van der Waals surface area contributed by atoms with Crippen LogP contribution in [-0.4, -0.2) is 26.6 Å². The Labute approximate surface area is 193 Å². The molecule has 5 nitrogen and oxygen atoms in total. The van der Waals surface area contributed by atoms with Gasteiger partial charge in [0, 0.05) is 11.3 Å². The second kappa shape index (κ2) is 9.02. The van der Waals surface area contributed by atoms with E-state index in [0.717, 1.165) is 27.9 Å². The predicted octanol–water partition coefficient (Wildman–Crippen LogP) is 6.52. The number of aromatic amines is 1. The fourth-order valence-corrected chi connectivity index (χ4v) is 5.35. The summed E-state index contributed by atoms with van der Waals surface area (Å²) in [5.74, 6) is 0.00543. The monoisotopic (exact) mass is 450 g/mol. The number of rotatable bonds is 7. The van der Waals surface area contributed by atoms with Crippen LogP contribution >= 0.6 is 11.8 Å². The van der Waals surface area contributed by atoms with E-state index < -0.39 is 11.6 Å². The third kappa shape index (κ3) is 4.42. The summed E-state index contributed by atoms with van der Waals surface area (Å²) in [6.07, 6.45) is 3.44. The molecule has 0 aliphatic carbocycles. The van der Waals surface area contributed by atoms with E-state index in [1.807, 2.05) is 38.1 Å². The number of esters is 1. The average molecular weight is 451 g/mol. The molecule has 0 spiro atoms. The number of H-pyrrole nitrogens is 1. The summed E-state index contributed by atoms with van der Waals surface area (Å²) in [5, 5.41) is 11.0. The Bertz CT molecular complexity index is 1150. The van der Waals surface area contributed by atoms with Gasteiger partial charge in [-0.1, -0.05) is 69.8 Å². The van der Waals surface area contributed by atoms with E-state index in [-0.39, 0.29) is 22.5 Å². The van der Waals surface area contributed by atoms with Crippen molar-refractivity contribution < 1.29 is 14.6 Å². The molecule has 0 saturated carbocycles. The Morgan fingerprint density at radius 1 is 1.19 bits per heavy atom. The van der Waals surface area contributed by atoms with Gasteiger partial charge in [0.25, 0.3) is 0 Å². The van der Waals surface area contributed by atoms with Crippen molar-refractivity contribution in [2.24, 2.45) is 5.92 Å². The summed E-state index contributed by atoms with van der Waals surface area (Å²) in [7, 11) is 0. The molecule has 0 radical (unpaired) electrons. The molecule has 0 amide bonds. The van der Waals surface area contributed by atoms with Gasteiger partial charge in [-0.2, -0.15) is 0 Å². The summed E-state index contributed by atoms with van der Waals surface area (Å²) >= 11 is 1.28. The van der Waals surface area contributed by atoms with Gasteiger partial charge in [0.1, 0.15) is 16.3 Å². The number of aryl methyl sites for hydroxylation is 1. The number of aliphatic hydroxyl groups is 1. The van der Waals surface area contributed by atoms with Crippen molar-refractivity contribution in [1.82, 2.24) is 9.97 Å². The number of aliphatic hydroxyl groups excluding tert-OH is 1. The molecule has 2 heterocycles. The lowest BCUT2D eigenvalue weighted by molar-refractivity contribution is -0.164. The van der Waals surface area contributed by atoms with Crippen molar-refractivity contribution in [2.45, 2.75) is 63.4 Å². The van der Waals surface area contributed by atoms with Gasteiger partial charge in [0.15, 0.2) is 0 Å². The Balaban J connectivity index is 1.62. The number of nitrogens with one attached hydrogen (secondary N) is 1. The van der Waals surface area contributed by atoms with E-state index in [0.29, 0.717) is 12.8 Å². The summed E-state index contributed by atoms with van der Waals surface area (Å²) in [4.78, 5) is 21.8. The number of ether oxygens (including phenoxy) is 1. The van der Waals surface area contributed by atoms with Crippen molar-refractivity contribution in [3.63, 3.8) is 0 Å². The van der Waals surface area contributed by atoms with Crippen LogP contribution in [0.1, 0.15) is 57.6 Å². The lowest BCUT2D eigenvalue weighted by Crippen LogP contribution is -2.44. The van der Waals surface area contributed by atoms with E-state index in [1.54, 1.807) is 6.33 Å². The highest BCUT2D eigenvalue weighted by Gasteiger charge is 2.44. The number of hydrogen-bond donors (Lipinski definition) is 2. The average Bonchev–Trinajstić information content (AvgIpc) is 3.22. The molecule has 1 atom stereocenters. The first-order chi connectivity index (χ1) is 15.3. The Morgan fingerprint density at radius 3 is 2.59 bits per heavy atom. The lowest BCUT2D eigenvalue weighted by Gasteiger charge is -2.40. The van der Waals surface area contributed by atoms with Gasteiger partial charge in [-0.25, -0.2) is 9.78 Å². The highest BCUT2D eigenvalue weighted by molar-refractivity contribution is 8.04. The summed E-state index contributed by atoms with van der Waals surface area (Å²) in [6, 6.07) is 14.2. The van der Waals surface area contributed by atoms with Crippen LogP contribution in [0.5, 0.6) is 0 Å². The van der Waals surface area contributed by atoms with Crippen LogP contribution in [0.25, 0.3) is 11.0 Å². The molecule has 168 valence electrons. The third-order valence-corrected chi connectivity index (χ3v) is 7.51. The molecule has 6 heteroatoms. The van der Waals surface area contributed by atoms with Crippen molar-refractivity contribution in [3.8, 4) is 0 Å². The van der Waals surface area contributed by atoms with Gasteiger partial charge in [0.05, 0.1) is 17.4 Å². The quantitative estimate of drug-likeness (QED) is 0.401. The number of fused-ring (bicyclic) bond motifs is 1. The van der Waals surface area contributed by atoms with Gasteiger partial charge in [-0.05, 0) is 47.9 Å². The van der Waals surface area contributed by atoms with Crippen LogP contribution in [0.15, 0.2) is 64.4 Å². The Morgan fingerprint density at radius 2 is 1.94 bits per heavy atom. The number of thioether (sulfide) groups is 1. The van der Waals surface area contributed by atoms with Gasteiger partial charge in [-0.3, -0.25) is 0 Å². The predicted molar refractivity (Wildman–Crippen MR) is 129 cm³/mol. The van der Waals surface area contributed by atoms with Crippen molar-refractivity contribution >= 4 is 28.8 Å². The number of nitrogens with zero attached hydrogens (tertiary/aromatic N) is 1. The van der Waals surface area contributed by atoms with Crippen LogP contribution in [-0.2, 0) is 16.0 Å². The smallest absolute Gasteiger partial charge is 0.349 e. The summed E-state index contributed by atoms with van der Waals surface area (Å²) < 4.78 is 6.09. The van der Waals surface area contributed by atoms with Gasteiger partial charge < -0.3 is 14.8 Å². The van der Waals surface area contributed by atoms with Gasteiger partial charge >= 0.3 is 5.97 Å². The maximum atomic E-state index is 13.2. The van der Waals surface area contributed by atoms with E-state index in [4.69, 9.17) is 4.74 Å². The van der Waals surface area contributed by atoms with Crippen LogP contribution in [0.2, 0.25) is 0 Å². The third-order valence-electron chi connectivity index (χ3n) is 6.33. The number of benzene rings is 2. The van der Waals surface area contributed by atoms with Crippen molar-refractivity contribution in [2.75, 3.05) is 0 Å². The number of carbonyl (C=O) groups is 1. The lowest BCUT2D eigenvalue weighted by atomic mass is 9.80. The van der Waals surface area contributed by atoms with Crippen LogP contribution in [0.3, 0.4) is 0 Å². The first-order valence-corrected chi connectivity index (χ1v) is 11.9. The van der Waals surface area contributed by atoms with Crippen LogP contribution in [0.4, 0.5) is 0 Å². The van der Waals surface area contributed by atoms with Crippen LogP contribution < -0.4 is 0 Å². The zero-order valence-corrected chi connectivity index (χ0v) is 19.8. The minimum atomic E-state index is -0.714. The molecule has 1 unspecified atom stereocenters.